The lowest BCUT2D eigenvalue weighted by atomic mass is 9.64. The molecule has 0 radical (unpaired) electrons. The van der Waals surface area contributed by atoms with Crippen molar-refractivity contribution in [3.63, 3.8) is 0 Å². The van der Waals surface area contributed by atoms with Gasteiger partial charge in [0.05, 0.1) is 0 Å². The quantitative estimate of drug-likeness (QED) is 0.528. The summed E-state index contributed by atoms with van der Waals surface area (Å²) >= 11 is 0. The second-order valence-corrected chi connectivity index (χ2v) is 9.01. The Bertz CT molecular complexity index is 1060. The van der Waals surface area contributed by atoms with Gasteiger partial charge in [0, 0.05) is 35.7 Å². The number of benzene rings is 3. The van der Waals surface area contributed by atoms with Crippen LogP contribution in [0.4, 0.5) is 0 Å². The summed E-state index contributed by atoms with van der Waals surface area (Å²) in [6.07, 6.45) is 2.81. The van der Waals surface area contributed by atoms with E-state index in [0.29, 0.717) is 0 Å². The predicted molar refractivity (Wildman–Crippen MR) is 122 cm³/mol. The Morgan fingerprint density at radius 3 is 2.13 bits per heavy atom. The highest BCUT2D eigenvalue weighted by atomic mass is 16.5. The molecule has 0 N–H and O–H groups in total. The Hall–Kier alpha value is -2.91. The van der Waals surface area contributed by atoms with E-state index in [4.69, 9.17) is 9.73 Å². The summed E-state index contributed by atoms with van der Waals surface area (Å²) in [6, 6.07) is 30.1. The van der Waals surface area contributed by atoms with Crippen molar-refractivity contribution in [3.05, 3.63) is 102 Å². The van der Waals surface area contributed by atoms with Gasteiger partial charge in [-0.15, -0.1) is 0 Å². The summed E-state index contributed by atoms with van der Waals surface area (Å²) < 4.78 is 6.80. The number of nitrogens with zero attached hydrogens (tertiary/aromatic N) is 2. The SMILES string of the molecule is CN1C(c2ccccc2)CC2(N=Cc3ccccc3O2)C(C)(C)C1c1ccccc1. The molecule has 3 aromatic carbocycles. The van der Waals surface area contributed by atoms with Crippen LogP contribution in [0.15, 0.2) is 89.9 Å². The lowest BCUT2D eigenvalue weighted by Gasteiger charge is -2.58. The van der Waals surface area contributed by atoms with Gasteiger partial charge in [0.2, 0.25) is 5.72 Å². The smallest absolute Gasteiger partial charge is 0.208 e. The summed E-state index contributed by atoms with van der Waals surface area (Å²) in [5.74, 6) is 0.920. The fraction of sp³-hybridized carbons (Fsp3) is 0.296. The topological polar surface area (TPSA) is 24.8 Å². The van der Waals surface area contributed by atoms with Gasteiger partial charge in [-0.3, -0.25) is 4.90 Å². The van der Waals surface area contributed by atoms with E-state index in [0.717, 1.165) is 17.7 Å². The van der Waals surface area contributed by atoms with E-state index in [2.05, 4.69) is 98.6 Å². The van der Waals surface area contributed by atoms with Gasteiger partial charge in [0.1, 0.15) is 5.75 Å². The van der Waals surface area contributed by atoms with Gasteiger partial charge in [-0.1, -0.05) is 86.6 Å². The number of fused-ring (bicyclic) bond motifs is 1. The Labute approximate surface area is 179 Å². The molecule has 5 rings (SSSR count). The number of rotatable bonds is 2. The Morgan fingerprint density at radius 2 is 1.43 bits per heavy atom. The first-order chi connectivity index (χ1) is 14.5. The van der Waals surface area contributed by atoms with Crippen LogP contribution in [0, 0.1) is 5.41 Å². The molecule has 0 saturated carbocycles. The summed E-state index contributed by atoms with van der Waals surface area (Å²) in [5, 5.41) is 0. The van der Waals surface area contributed by atoms with Crippen molar-refractivity contribution in [1.29, 1.82) is 0 Å². The van der Waals surface area contributed by atoms with Gasteiger partial charge >= 0.3 is 0 Å². The van der Waals surface area contributed by atoms with Gasteiger partial charge in [-0.25, -0.2) is 4.99 Å². The van der Waals surface area contributed by atoms with Gasteiger partial charge in [0.15, 0.2) is 0 Å². The van der Waals surface area contributed by atoms with Crippen LogP contribution in [0.2, 0.25) is 0 Å². The molecule has 30 heavy (non-hydrogen) atoms. The number of likely N-dealkylation sites (tertiary alicyclic amines) is 1. The summed E-state index contributed by atoms with van der Waals surface area (Å²) in [7, 11) is 2.24. The molecule has 0 amide bonds. The maximum absolute atomic E-state index is 6.80. The van der Waals surface area contributed by atoms with Crippen LogP contribution in [0.25, 0.3) is 0 Å². The maximum Gasteiger partial charge on any atom is 0.208 e. The molecule has 1 fully saturated rings. The van der Waals surface area contributed by atoms with Crippen molar-refractivity contribution in [2.75, 3.05) is 7.05 Å². The second-order valence-electron chi connectivity index (χ2n) is 9.01. The van der Waals surface area contributed by atoms with Crippen molar-refractivity contribution in [1.82, 2.24) is 4.90 Å². The first-order valence-electron chi connectivity index (χ1n) is 10.7. The van der Waals surface area contributed by atoms with Gasteiger partial charge in [-0.2, -0.15) is 0 Å². The third-order valence-corrected chi connectivity index (χ3v) is 6.97. The zero-order valence-electron chi connectivity index (χ0n) is 17.8. The molecule has 3 heteroatoms. The minimum Gasteiger partial charge on any atom is -0.465 e. The first kappa shape index (κ1) is 19.1. The highest BCUT2D eigenvalue weighted by Gasteiger charge is 2.60. The average Bonchev–Trinajstić information content (AvgIpc) is 2.78. The molecule has 3 aromatic rings. The lowest BCUT2D eigenvalue weighted by Crippen LogP contribution is -2.61. The number of hydrogen-bond donors (Lipinski definition) is 0. The van der Waals surface area contributed by atoms with E-state index in [1.807, 2.05) is 18.3 Å². The average molecular weight is 397 g/mol. The Balaban J connectivity index is 1.67. The Kier molecular flexibility index (Phi) is 4.52. The van der Waals surface area contributed by atoms with Crippen molar-refractivity contribution >= 4 is 6.21 Å². The number of hydrogen-bond acceptors (Lipinski definition) is 3. The number of piperidine rings is 1. The molecule has 2 aliphatic heterocycles. The molecule has 3 unspecified atom stereocenters. The Morgan fingerprint density at radius 1 is 0.833 bits per heavy atom. The summed E-state index contributed by atoms with van der Waals surface area (Å²) in [4.78, 5) is 7.64. The van der Waals surface area contributed by atoms with Gasteiger partial charge in [-0.05, 0) is 30.3 Å². The van der Waals surface area contributed by atoms with Crippen LogP contribution in [0.3, 0.4) is 0 Å². The fourth-order valence-electron chi connectivity index (χ4n) is 5.34. The molecule has 3 atom stereocenters. The van der Waals surface area contributed by atoms with Gasteiger partial charge < -0.3 is 4.74 Å². The third kappa shape index (κ3) is 2.88. The number of aliphatic imine (C=N–C) groups is 1. The molecule has 0 bridgehead atoms. The highest BCUT2D eigenvalue weighted by molar-refractivity contribution is 5.85. The molecular formula is C27H28N2O. The zero-order valence-corrected chi connectivity index (χ0v) is 17.8. The molecule has 0 aromatic heterocycles. The summed E-state index contributed by atoms with van der Waals surface area (Å²) in [5.41, 5.74) is 2.74. The van der Waals surface area contributed by atoms with Crippen molar-refractivity contribution in [3.8, 4) is 5.75 Å². The van der Waals surface area contributed by atoms with Crippen LogP contribution in [-0.4, -0.2) is 23.9 Å². The van der Waals surface area contributed by atoms with E-state index in [9.17, 15) is 0 Å². The van der Waals surface area contributed by atoms with Crippen LogP contribution in [0.1, 0.15) is 49.0 Å². The van der Waals surface area contributed by atoms with E-state index < -0.39 is 5.72 Å². The van der Waals surface area contributed by atoms with E-state index in [-0.39, 0.29) is 17.5 Å². The predicted octanol–water partition coefficient (Wildman–Crippen LogP) is 6.04. The van der Waals surface area contributed by atoms with Crippen LogP contribution in [0.5, 0.6) is 5.75 Å². The molecule has 0 aliphatic carbocycles. The first-order valence-corrected chi connectivity index (χ1v) is 10.7. The van der Waals surface area contributed by atoms with Crippen molar-refractivity contribution in [2.24, 2.45) is 10.4 Å². The van der Waals surface area contributed by atoms with E-state index >= 15 is 0 Å². The molecule has 2 heterocycles. The highest BCUT2D eigenvalue weighted by Crippen LogP contribution is 2.58. The standard InChI is InChI=1S/C27H28N2O/c1-26(2)25(21-14-8-5-9-15-21)29(3)23(20-12-6-4-7-13-20)18-27(26)28-19-22-16-10-11-17-24(22)30-27/h4-17,19,23,25H,18H2,1-3H3. The largest absolute Gasteiger partial charge is 0.465 e. The molecule has 1 saturated heterocycles. The van der Waals surface area contributed by atoms with Crippen molar-refractivity contribution in [2.45, 2.75) is 38.1 Å². The maximum atomic E-state index is 6.80. The third-order valence-electron chi connectivity index (χ3n) is 6.97. The minimum atomic E-state index is -0.644. The second kappa shape index (κ2) is 7.10. The molecule has 152 valence electrons. The van der Waals surface area contributed by atoms with Crippen molar-refractivity contribution < 1.29 is 4.74 Å². The lowest BCUT2D eigenvalue weighted by molar-refractivity contribution is -0.147. The number of ether oxygens (including phenoxy) is 1. The normalized spacial score (nSPS) is 27.4. The molecule has 1 spiro atoms. The van der Waals surface area contributed by atoms with Crippen LogP contribution >= 0.6 is 0 Å². The zero-order chi connectivity index (χ0) is 20.8. The minimum absolute atomic E-state index is 0.153. The molecular weight excluding hydrogens is 368 g/mol. The van der Waals surface area contributed by atoms with E-state index in [1.54, 1.807) is 0 Å². The van der Waals surface area contributed by atoms with Crippen LogP contribution in [-0.2, 0) is 0 Å². The molecule has 3 nitrogen and oxygen atoms in total. The molecule has 2 aliphatic rings. The van der Waals surface area contributed by atoms with E-state index in [1.165, 1.54) is 11.1 Å². The fourth-order valence-corrected chi connectivity index (χ4v) is 5.34. The summed E-state index contributed by atoms with van der Waals surface area (Å²) in [6.45, 7) is 4.60. The van der Waals surface area contributed by atoms with Crippen LogP contribution < -0.4 is 4.74 Å². The van der Waals surface area contributed by atoms with Gasteiger partial charge in [0.25, 0.3) is 0 Å². The monoisotopic (exact) mass is 396 g/mol. The number of para-hydroxylation sites is 1.